The van der Waals surface area contributed by atoms with Gasteiger partial charge in [0, 0.05) is 38.4 Å². The Hall–Kier alpha value is -2.05. The topological polar surface area (TPSA) is 98.3 Å². The number of nitrogens with one attached hydrogen (secondary N) is 2. The van der Waals surface area contributed by atoms with Gasteiger partial charge in [0.15, 0.2) is 0 Å². The fourth-order valence-corrected chi connectivity index (χ4v) is 1.47. The summed E-state index contributed by atoms with van der Waals surface area (Å²) in [5, 5.41) is 11.3. The minimum Gasteiger partial charge on any atom is -0.481 e. The van der Waals surface area contributed by atoms with E-state index in [0.29, 0.717) is 19.5 Å². The maximum Gasteiger partial charge on any atom is 0.317 e. The van der Waals surface area contributed by atoms with Crippen molar-refractivity contribution in [1.29, 1.82) is 0 Å². The van der Waals surface area contributed by atoms with E-state index in [1.54, 1.807) is 12.4 Å². The highest BCUT2D eigenvalue weighted by molar-refractivity contribution is 5.75. The number of aliphatic carboxylic acids is 1. The van der Waals surface area contributed by atoms with Crippen LogP contribution < -0.4 is 5.32 Å². The monoisotopic (exact) mass is 254 g/mol. The molecule has 2 amide bonds. The van der Waals surface area contributed by atoms with Crippen LogP contribution in [0.25, 0.3) is 0 Å². The summed E-state index contributed by atoms with van der Waals surface area (Å²) in [7, 11) is 0. The van der Waals surface area contributed by atoms with E-state index in [1.165, 1.54) is 4.90 Å². The first-order valence-corrected chi connectivity index (χ1v) is 5.86. The van der Waals surface area contributed by atoms with Gasteiger partial charge >= 0.3 is 12.0 Å². The summed E-state index contributed by atoms with van der Waals surface area (Å²) < 4.78 is 0. The number of carbonyl (C=O) groups excluding carboxylic acids is 1. The van der Waals surface area contributed by atoms with E-state index >= 15 is 0 Å². The molecular weight excluding hydrogens is 236 g/mol. The first-order valence-electron chi connectivity index (χ1n) is 5.86. The largest absolute Gasteiger partial charge is 0.481 e. The van der Waals surface area contributed by atoms with Gasteiger partial charge in [-0.3, -0.25) is 4.79 Å². The van der Waals surface area contributed by atoms with Crippen molar-refractivity contribution in [3.8, 4) is 0 Å². The molecular formula is C11H18N4O3. The maximum absolute atomic E-state index is 11.7. The zero-order valence-electron chi connectivity index (χ0n) is 10.3. The first kappa shape index (κ1) is 14.0. The number of hydrogen-bond acceptors (Lipinski definition) is 3. The number of rotatable bonds is 7. The summed E-state index contributed by atoms with van der Waals surface area (Å²) in [6.45, 7) is 2.99. The molecule has 3 N–H and O–H groups in total. The molecule has 0 bridgehead atoms. The van der Waals surface area contributed by atoms with Crippen molar-refractivity contribution >= 4 is 12.0 Å². The molecule has 0 saturated heterocycles. The van der Waals surface area contributed by atoms with Gasteiger partial charge < -0.3 is 20.3 Å². The Morgan fingerprint density at radius 2 is 2.33 bits per heavy atom. The Morgan fingerprint density at radius 1 is 1.56 bits per heavy atom. The molecule has 18 heavy (non-hydrogen) atoms. The quantitative estimate of drug-likeness (QED) is 0.658. The number of urea groups is 1. The van der Waals surface area contributed by atoms with Crippen LogP contribution in [0.1, 0.15) is 19.2 Å². The summed E-state index contributed by atoms with van der Waals surface area (Å²) in [5.41, 5.74) is 0. The van der Waals surface area contributed by atoms with Crippen LogP contribution in [0.3, 0.4) is 0 Å². The molecule has 7 heteroatoms. The van der Waals surface area contributed by atoms with Gasteiger partial charge in [0.1, 0.15) is 5.82 Å². The Balaban J connectivity index is 2.26. The van der Waals surface area contributed by atoms with Crippen molar-refractivity contribution in [2.45, 2.75) is 19.8 Å². The van der Waals surface area contributed by atoms with Crippen molar-refractivity contribution in [2.75, 3.05) is 19.6 Å². The van der Waals surface area contributed by atoms with Crippen molar-refractivity contribution in [3.05, 3.63) is 18.2 Å². The lowest BCUT2D eigenvalue weighted by Crippen LogP contribution is -2.41. The summed E-state index contributed by atoms with van der Waals surface area (Å²) in [6, 6.07) is -0.245. The minimum absolute atomic E-state index is 0.0422. The molecule has 1 aromatic rings. The van der Waals surface area contributed by atoms with Crippen LogP contribution in [0.15, 0.2) is 12.4 Å². The third kappa shape index (κ3) is 4.86. The molecule has 0 aliphatic carbocycles. The molecule has 0 unspecified atom stereocenters. The van der Waals surface area contributed by atoms with E-state index in [9.17, 15) is 9.59 Å². The molecule has 0 aromatic carbocycles. The van der Waals surface area contributed by atoms with E-state index in [4.69, 9.17) is 5.11 Å². The second-order valence-electron chi connectivity index (χ2n) is 3.74. The van der Waals surface area contributed by atoms with Gasteiger partial charge in [-0.1, -0.05) is 0 Å². The van der Waals surface area contributed by atoms with E-state index in [0.717, 1.165) is 5.82 Å². The van der Waals surface area contributed by atoms with Crippen molar-refractivity contribution in [2.24, 2.45) is 0 Å². The molecule has 7 nitrogen and oxygen atoms in total. The zero-order valence-corrected chi connectivity index (χ0v) is 10.3. The average Bonchev–Trinajstić information content (AvgIpc) is 2.82. The number of carboxylic acid groups (broad SMARTS) is 1. The Morgan fingerprint density at radius 3 is 2.89 bits per heavy atom. The lowest BCUT2D eigenvalue weighted by Gasteiger charge is -2.20. The van der Waals surface area contributed by atoms with Crippen molar-refractivity contribution in [3.63, 3.8) is 0 Å². The lowest BCUT2D eigenvalue weighted by molar-refractivity contribution is -0.137. The number of H-pyrrole nitrogens is 1. The van der Waals surface area contributed by atoms with Gasteiger partial charge in [0.25, 0.3) is 0 Å². The molecule has 0 spiro atoms. The second-order valence-corrected chi connectivity index (χ2v) is 3.74. The molecule has 0 aliphatic rings. The lowest BCUT2D eigenvalue weighted by atomic mass is 10.4. The number of hydrogen-bond donors (Lipinski definition) is 3. The van der Waals surface area contributed by atoms with Crippen LogP contribution in [0.4, 0.5) is 4.79 Å². The third-order valence-electron chi connectivity index (χ3n) is 2.46. The Labute approximate surface area is 105 Å². The molecule has 100 valence electrons. The summed E-state index contributed by atoms with van der Waals surface area (Å²) in [5.74, 6) is -0.0966. The molecule has 1 heterocycles. The molecule has 0 radical (unpaired) electrons. The minimum atomic E-state index is -0.906. The van der Waals surface area contributed by atoms with E-state index in [-0.39, 0.29) is 19.0 Å². The summed E-state index contributed by atoms with van der Waals surface area (Å²) in [6.07, 6.45) is 3.96. The average molecular weight is 254 g/mol. The normalized spacial score (nSPS) is 10.1. The van der Waals surface area contributed by atoms with Crippen LogP contribution in [0.2, 0.25) is 0 Å². The molecule has 0 saturated carbocycles. The fourth-order valence-electron chi connectivity index (χ4n) is 1.47. The Kier molecular flexibility index (Phi) is 5.69. The van der Waals surface area contributed by atoms with Crippen LogP contribution >= 0.6 is 0 Å². The van der Waals surface area contributed by atoms with Crippen LogP contribution in [-0.2, 0) is 11.2 Å². The summed E-state index contributed by atoms with van der Waals surface area (Å²) in [4.78, 5) is 30.6. The molecule has 0 fully saturated rings. The van der Waals surface area contributed by atoms with Crippen molar-refractivity contribution in [1.82, 2.24) is 20.2 Å². The van der Waals surface area contributed by atoms with Gasteiger partial charge in [-0.15, -0.1) is 0 Å². The number of nitrogens with zero attached hydrogens (tertiary/aromatic N) is 2. The number of aromatic nitrogens is 2. The van der Waals surface area contributed by atoms with Crippen molar-refractivity contribution < 1.29 is 14.7 Å². The maximum atomic E-state index is 11.7. The van der Waals surface area contributed by atoms with Gasteiger partial charge in [-0.2, -0.15) is 0 Å². The smallest absolute Gasteiger partial charge is 0.317 e. The van der Waals surface area contributed by atoms with Gasteiger partial charge in [-0.05, 0) is 6.92 Å². The number of amides is 2. The standard InChI is InChI=1S/C11H18N4O3/c1-2-15(8-4-10(16)17)11(18)14-5-3-9-12-6-7-13-9/h6-7H,2-5,8H2,1H3,(H,12,13)(H,14,18)(H,16,17). The van der Waals surface area contributed by atoms with Crippen LogP contribution in [0, 0.1) is 0 Å². The van der Waals surface area contributed by atoms with E-state index in [2.05, 4.69) is 15.3 Å². The third-order valence-corrected chi connectivity index (χ3v) is 2.46. The summed E-state index contributed by atoms with van der Waals surface area (Å²) >= 11 is 0. The fraction of sp³-hybridized carbons (Fsp3) is 0.545. The second kappa shape index (κ2) is 7.31. The molecule has 1 aromatic heterocycles. The van der Waals surface area contributed by atoms with Crippen LogP contribution in [-0.4, -0.2) is 51.6 Å². The van der Waals surface area contributed by atoms with Gasteiger partial charge in [0.2, 0.25) is 0 Å². The predicted octanol–water partition coefficient (Wildman–Crippen LogP) is 0.458. The molecule has 0 atom stereocenters. The molecule has 0 aliphatic heterocycles. The van der Waals surface area contributed by atoms with Gasteiger partial charge in [0.05, 0.1) is 6.42 Å². The SMILES string of the molecule is CCN(CCC(=O)O)C(=O)NCCc1ncc[nH]1. The number of aromatic amines is 1. The highest BCUT2D eigenvalue weighted by atomic mass is 16.4. The predicted molar refractivity (Wildman–Crippen MR) is 65.2 cm³/mol. The molecule has 1 rings (SSSR count). The van der Waals surface area contributed by atoms with E-state index in [1.807, 2.05) is 6.92 Å². The number of imidazole rings is 1. The number of carboxylic acids is 1. The highest BCUT2D eigenvalue weighted by Crippen LogP contribution is 1.94. The Bertz CT molecular complexity index is 378. The highest BCUT2D eigenvalue weighted by Gasteiger charge is 2.12. The van der Waals surface area contributed by atoms with E-state index < -0.39 is 5.97 Å². The van der Waals surface area contributed by atoms with Gasteiger partial charge in [-0.25, -0.2) is 9.78 Å². The zero-order chi connectivity index (χ0) is 13.4. The van der Waals surface area contributed by atoms with Crippen LogP contribution in [0.5, 0.6) is 0 Å². The first-order chi connectivity index (χ1) is 8.63. The number of carbonyl (C=O) groups is 2.